The van der Waals surface area contributed by atoms with Crippen LogP contribution in [0, 0.1) is 13.8 Å². The van der Waals surface area contributed by atoms with Gasteiger partial charge in [-0.3, -0.25) is 4.79 Å². The van der Waals surface area contributed by atoms with Crippen molar-refractivity contribution in [1.82, 2.24) is 29.8 Å². The maximum Gasteiger partial charge on any atom is 0.225 e. The van der Waals surface area contributed by atoms with Crippen LogP contribution in [0.5, 0.6) is 0 Å². The fourth-order valence-electron chi connectivity index (χ4n) is 3.56. The number of amides is 1. The van der Waals surface area contributed by atoms with E-state index >= 15 is 0 Å². The molecule has 160 valence electrons. The van der Waals surface area contributed by atoms with Gasteiger partial charge in [0, 0.05) is 11.4 Å². The van der Waals surface area contributed by atoms with Crippen LogP contribution in [-0.4, -0.2) is 72.1 Å². The number of anilines is 1. The fourth-order valence-corrected chi connectivity index (χ4v) is 4.50. The number of hydrogen-bond donors (Lipinski definition) is 4. The van der Waals surface area contributed by atoms with E-state index in [9.17, 15) is 15.0 Å². The highest BCUT2D eigenvalue weighted by molar-refractivity contribution is 7.11. The van der Waals surface area contributed by atoms with Crippen molar-refractivity contribution in [3.8, 4) is 0 Å². The van der Waals surface area contributed by atoms with Gasteiger partial charge in [-0.25, -0.2) is 19.9 Å². The van der Waals surface area contributed by atoms with E-state index in [1.165, 1.54) is 24.0 Å². The summed E-state index contributed by atoms with van der Waals surface area (Å²) in [5.74, 6) is 0.0411. The van der Waals surface area contributed by atoms with Gasteiger partial charge in [-0.15, -0.1) is 11.3 Å². The monoisotopic (exact) mass is 433 g/mol. The van der Waals surface area contributed by atoms with Crippen molar-refractivity contribution in [2.75, 3.05) is 18.9 Å². The average Bonchev–Trinajstić information content (AvgIpc) is 3.27. The van der Waals surface area contributed by atoms with Crippen LogP contribution < -0.4 is 11.1 Å². The summed E-state index contributed by atoms with van der Waals surface area (Å²) in [7, 11) is 0. The van der Waals surface area contributed by atoms with Crippen molar-refractivity contribution in [1.29, 1.82) is 0 Å². The van der Waals surface area contributed by atoms with Gasteiger partial charge in [0.2, 0.25) is 5.91 Å². The number of carbonyl (C=O) groups is 1. The smallest absolute Gasteiger partial charge is 0.225 e. The number of nitrogen functional groups attached to an aromatic ring is 1. The molecule has 1 amide bonds. The molecular formula is C18H23N7O4S. The van der Waals surface area contributed by atoms with Gasteiger partial charge in [-0.1, -0.05) is 0 Å². The number of rotatable bonds is 5. The second kappa shape index (κ2) is 8.22. The van der Waals surface area contributed by atoms with E-state index in [1.807, 2.05) is 13.8 Å². The minimum atomic E-state index is -1.20. The van der Waals surface area contributed by atoms with Crippen LogP contribution in [0.2, 0.25) is 0 Å². The van der Waals surface area contributed by atoms with Gasteiger partial charge >= 0.3 is 0 Å². The second-order valence-electron chi connectivity index (χ2n) is 7.23. The van der Waals surface area contributed by atoms with Crippen LogP contribution in [0.3, 0.4) is 0 Å². The van der Waals surface area contributed by atoms with Crippen molar-refractivity contribution in [3.05, 3.63) is 28.2 Å². The molecule has 0 aliphatic carbocycles. The molecule has 30 heavy (non-hydrogen) atoms. The molecule has 0 saturated carbocycles. The van der Waals surface area contributed by atoms with Gasteiger partial charge in [-0.05, 0) is 13.8 Å². The standard InChI is InChI=1S/C18H23N7O4S/c1-8-12(30-9(2)24-8)3-13(26)20-4-11-16(28)15(27)10(5-29-11)25-7-23-14-17(19)21-6-22-18(14)25/h6-7,10-11,15-16,27-28H,3-5H2,1-2H3,(H,20,26)(H2,19,21,22)/t10-,11-,15+,16-/m1/s1. The Balaban J connectivity index is 1.38. The van der Waals surface area contributed by atoms with Crippen LogP contribution in [0.15, 0.2) is 12.7 Å². The van der Waals surface area contributed by atoms with Gasteiger partial charge in [0.05, 0.1) is 36.1 Å². The van der Waals surface area contributed by atoms with E-state index in [0.717, 1.165) is 15.6 Å². The number of hydrogen-bond acceptors (Lipinski definition) is 10. The first kappa shape index (κ1) is 20.6. The molecule has 3 aromatic heterocycles. The number of aromatic nitrogens is 5. The zero-order chi connectivity index (χ0) is 21.4. The summed E-state index contributed by atoms with van der Waals surface area (Å²) in [6.45, 7) is 3.96. The molecule has 3 aromatic rings. The average molecular weight is 433 g/mol. The molecule has 12 heteroatoms. The van der Waals surface area contributed by atoms with E-state index in [1.54, 1.807) is 4.57 Å². The van der Waals surface area contributed by atoms with Gasteiger partial charge in [0.25, 0.3) is 0 Å². The molecule has 11 nitrogen and oxygen atoms in total. The summed E-state index contributed by atoms with van der Waals surface area (Å²) in [5, 5.41) is 24.9. The van der Waals surface area contributed by atoms with E-state index in [2.05, 4.69) is 25.3 Å². The molecule has 4 rings (SSSR count). The largest absolute Gasteiger partial charge is 0.388 e. The minimum Gasteiger partial charge on any atom is -0.388 e. The zero-order valence-corrected chi connectivity index (χ0v) is 17.3. The highest BCUT2D eigenvalue weighted by Gasteiger charge is 2.40. The van der Waals surface area contributed by atoms with Crippen LogP contribution in [-0.2, 0) is 16.0 Å². The van der Waals surface area contributed by atoms with Gasteiger partial charge < -0.3 is 30.6 Å². The van der Waals surface area contributed by atoms with E-state index in [0.29, 0.717) is 11.2 Å². The summed E-state index contributed by atoms with van der Waals surface area (Å²) in [5.41, 5.74) is 7.51. The lowest BCUT2D eigenvalue weighted by Gasteiger charge is -2.38. The van der Waals surface area contributed by atoms with Crippen molar-refractivity contribution in [3.63, 3.8) is 0 Å². The first-order chi connectivity index (χ1) is 14.3. The van der Waals surface area contributed by atoms with Crippen molar-refractivity contribution in [2.24, 2.45) is 0 Å². The maximum atomic E-state index is 12.3. The minimum absolute atomic E-state index is 0.0837. The molecule has 1 fully saturated rings. The lowest BCUT2D eigenvalue weighted by Crippen LogP contribution is -2.54. The number of imidazole rings is 1. The van der Waals surface area contributed by atoms with Crippen LogP contribution in [0.1, 0.15) is 21.6 Å². The Hall–Kier alpha value is -2.67. The Labute approximate surface area is 176 Å². The molecular weight excluding hydrogens is 410 g/mol. The summed E-state index contributed by atoms with van der Waals surface area (Å²) in [4.78, 5) is 29.7. The summed E-state index contributed by atoms with van der Waals surface area (Å²) in [6.07, 6.45) is -0.0607. The van der Waals surface area contributed by atoms with Crippen molar-refractivity contribution in [2.45, 2.75) is 44.6 Å². The molecule has 4 atom stereocenters. The number of carbonyl (C=O) groups excluding carboxylic acids is 1. The van der Waals surface area contributed by atoms with E-state index < -0.39 is 24.4 Å². The third-order valence-corrected chi connectivity index (χ3v) is 6.24. The number of nitrogens with zero attached hydrogens (tertiary/aromatic N) is 5. The quantitative estimate of drug-likeness (QED) is 0.416. The van der Waals surface area contributed by atoms with Crippen molar-refractivity contribution >= 4 is 34.2 Å². The maximum absolute atomic E-state index is 12.3. The number of thiazole rings is 1. The van der Waals surface area contributed by atoms with Gasteiger partial charge in [-0.2, -0.15) is 0 Å². The third-order valence-electron chi connectivity index (χ3n) is 5.17. The Kier molecular flexibility index (Phi) is 5.64. The van der Waals surface area contributed by atoms with E-state index in [4.69, 9.17) is 10.5 Å². The lowest BCUT2D eigenvalue weighted by atomic mass is 9.97. The number of nitrogens with two attached hydrogens (primary N) is 1. The molecule has 0 unspecified atom stereocenters. The molecule has 1 saturated heterocycles. The second-order valence-corrected chi connectivity index (χ2v) is 8.51. The van der Waals surface area contributed by atoms with Crippen LogP contribution >= 0.6 is 11.3 Å². The fraction of sp³-hybridized carbons (Fsp3) is 0.500. The Morgan fingerprint density at radius 1 is 1.33 bits per heavy atom. The molecule has 1 aliphatic heterocycles. The molecule has 0 radical (unpaired) electrons. The van der Waals surface area contributed by atoms with E-state index in [-0.39, 0.29) is 31.3 Å². The highest BCUT2D eigenvalue weighted by atomic mass is 32.1. The number of fused-ring (bicyclic) bond motifs is 1. The molecule has 1 aliphatic rings. The predicted octanol–water partition coefficient (Wildman–Crippen LogP) is -0.498. The summed E-state index contributed by atoms with van der Waals surface area (Å²) < 4.78 is 7.36. The normalized spacial score (nSPS) is 24.3. The first-order valence-corrected chi connectivity index (χ1v) is 10.3. The number of ether oxygens (including phenoxy) is 1. The molecule has 4 heterocycles. The predicted molar refractivity (Wildman–Crippen MR) is 109 cm³/mol. The Morgan fingerprint density at radius 2 is 2.13 bits per heavy atom. The van der Waals surface area contributed by atoms with Crippen LogP contribution in [0.4, 0.5) is 5.82 Å². The Morgan fingerprint density at radius 3 is 2.87 bits per heavy atom. The summed E-state index contributed by atoms with van der Waals surface area (Å²) >= 11 is 1.49. The number of aryl methyl sites for hydroxylation is 2. The number of aliphatic hydroxyl groups is 2. The lowest BCUT2D eigenvalue weighted by molar-refractivity contribution is -0.158. The van der Waals surface area contributed by atoms with Gasteiger partial charge in [0.15, 0.2) is 11.5 Å². The van der Waals surface area contributed by atoms with Crippen molar-refractivity contribution < 1.29 is 19.7 Å². The molecule has 0 aromatic carbocycles. The third kappa shape index (κ3) is 3.86. The first-order valence-electron chi connectivity index (χ1n) is 9.45. The number of aliphatic hydroxyl groups excluding tert-OH is 2. The molecule has 0 bridgehead atoms. The topological polar surface area (TPSA) is 161 Å². The van der Waals surface area contributed by atoms with Crippen LogP contribution in [0.25, 0.3) is 11.2 Å². The SMILES string of the molecule is Cc1nc(C)c(CC(=O)NC[C@H]2OC[C@@H](n3cnc4c(N)ncnc43)[C@H](O)[C@@H]2O)s1. The number of nitrogens with one attached hydrogen (secondary N) is 1. The van der Waals surface area contributed by atoms with Gasteiger partial charge in [0.1, 0.15) is 30.2 Å². The Bertz CT molecular complexity index is 1070. The summed E-state index contributed by atoms with van der Waals surface area (Å²) in [6, 6.07) is -0.603. The molecule has 5 N–H and O–H groups in total. The molecule has 0 spiro atoms. The zero-order valence-electron chi connectivity index (χ0n) is 16.5. The highest BCUT2D eigenvalue weighted by Crippen LogP contribution is 2.28.